The molecule has 0 radical (unpaired) electrons. The Labute approximate surface area is 133 Å². The molecule has 0 aliphatic heterocycles. The van der Waals surface area contributed by atoms with Crippen LogP contribution >= 0.6 is 23.2 Å². The second-order valence-corrected chi connectivity index (χ2v) is 5.05. The summed E-state index contributed by atoms with van der Waals surface area (Å²) >= 11 is 11.8. The molecule has 0 N–H and O–H groups in total. The van der Waals surface area contributed by atoms with Crippen molar-refractivity contribution in [2.75, 3.05) is 6.61 Å². The van der Waals surface area contributed by atoms with Crippen LogP contribution in [0.1, 0.15) is 18.1 Å². The third-order valence-corrected chi connectivity index (χ3v) is 3.52. The maximum atomic E-state index is 13.0. The minimum absolute atomic E-state index is 0.236. The van der Waals surface area contributed by atoms with Crippen molar-refractivity contribution < 1.29 is 13.9 Å². The molecule has 0 aromatic heterocycles. The molecule has 21 heavy (non-hydrogen) atoms. The maximum absolute atomic E-state index is 13.0. The van der Waals surface area contributed by atoms with E-state index in [-0.39, 0.29) is 12.4 Å². The lowest BCUT2D eigenvalue weighted by Crippen LogP contribution is -2.01. The van der Waals surface area contributed by atoms with Crippen LogP contribution in [-0.2, 0) is 12.5 Å². The van der Waals surface area contributed by atoms with Crippen molar-refractivity contribution in [3.63, 3.8) is 0 Å². The lowest BCUT2D eigenvalue weighted by Gasteiger charge is -2.13. The molecule has 0 amide bonds. The molecule has 0 bridgehead atoms. The van der Waals surface area contributed by atoms with E-state index in [4.69, 9.17) is 32.7 Å². The molecule has 0 fully saturated rings. The Morgan fingerprint density at radius 3 is 2.52 bits per heavy atom. The predicted molar refractivity (Wildman–Crippen MR) is 82.9 cm³/mol. The monoisotopic (exact) mass is 328 g/mol. The number of rotatable bonds is 6. The molecule has 2 aromatic rings. The first-order chi connectivity index (χ1) is 10.1. The molecule has 0 unspecified atom stereocenters. The molecule has 2 aromatic carbocycles. The van der Waals surface area contributed by atoms with E-state index in [1.807, 2.05) is 19.1 Å². The molecule has 0 saturated carbocycles. The average molecular weight is 329 g/mol. The van der Waals surface area contributed by atoms with Gasteiger partial charge in [0.25, 0.3) is 0 Å². The van der Waals surface area contributed by atoms with Crippen LogP contribution < -0.4 is 9.47 Å². The molecule has 0 heterocycles. The maximum Gasteiger partial charge on any atom is 0.161 e. The van der Waals surface area contributed by atoms with Crippen molar-refractivity contribution >= 4 is 23.2 Å². The van der Waals surface area contributed by atoms with Crippen LogP contribution in [0, 0.1) is 5.82 Å². The standard InChI is InChI=1S/C16H15Cl2FO2/c1-2-20-16-7-11(9-17)3-6-15(16)21-10-12-4-5-13(19)8-14(12)18/h3-8H,2,9-10H2,1H3. The van der Waals surface area contributed by atoms with Crippen LogP contribution in [0.15, 0.2) is 36.4 Å². The Morgan fingerprint density at radius 1 is 1.05 bits per heavy atom. The number of hydrogen-bond acceptors (Lipinski definition) is 2. The summed E-state index contributed by atoms with van der Waals surface area (Å²) in [5, 5.41) is 0.338. The van der Waals surface area contributed by atoms with Crippen molar-refractivity contribution in [1.82, 2.24) is 0 Å². The second kappa shape index (κ2) is 7.53. The number of benzene rings is 2. The van der Waals surface area contributed by atoms with Crippen molar-refractivity contribution in [2.24, 2.45) is 0 Å². The Hall–Kier alpha value is -1.45. The van der Waals surface area contributed by atoms with Gasteiger partial charge in [0.1, 0.15) is 12.4 Å². The van der Waals surface area contributed by atoms with Crippen molar-refractivity contribution in [3.8, 4) is 11.5 Å². The van der Waals surface area contributed by atoms with Crippen LogP contribution in [0.2, 0.25) is 5.02 Å². The van der Waals surface area contributed by atoms with Gasteiger partial charge in [-0.1, -0.05) is 23.7 Å². The van der Waals surface area contributed by atoms with Crippen LogP contribution in [0.4, 0.5) is 4.39 Å². The van der Waals surface area contributed by atoms with Gasteiger partial charge in [-0.15, -0.1) is 11.6 Å². The quantitative estimate of drug-likeness (QED) is 0.679. The Bertz CT molecular complexity index is 617. The van der Waals surface area contributed by atoms with Gasteiger partial charge in [0, 0.05) is 11.4 Å². The minimum atomic E-state index is -0.370. The molecule has 2 rings (SSSR count). The summed E-state index contributed by atoms with van der Waals surface area (Å²) < 4.78 is 24.3. The summed E-state index contributed by atoms with van der Waals surface area (Å²) in [5.74, 6) is 1.27. The molecule has 2 nitrogen and oxygen atoms in total. The highest BCUT2D eigenvalue weighted by Gasteiger charge is 2.08. The highest BCUT2D eigenvalue weighted by atomic mass is 35.5. The van der Waals surface area contributed by atoms with Crippen molar-refractivity contribution in [3.05, 3.63) is 58.4 Å². The number of alkyl halides is 1. The number of ether oxygens (including phenoxy) is 2. The first kappa shape index (κ1) is 15.9. The summed E-state index contributed by atoms with van der Waals surface area (Å²) in [5.41, 5.74) is 1.66. The summed E-state index contributed by atoms with van der Waals surface area (Å²) in [6.45, 7) is 2.66. The molecule has 0 spiro atoms. The highest BCUT2D eigenvalue weighted by Crippen LogP contribution is 2.30. The van der Waals surface area contributed by atoms with Crippen LogP contribution in [-0.4, -0.2) is 6.61 Å². The van der Waals surface area contributed by atoms with Gasteiger partial charge in [-0.2, -0.15) is 0 Å². The zero-order chi connectivity index (χ0) is 15.2. The smallest absolute Gasteiger partial charge is 0.161 e. The van der Waals surface area contributed by atoms with Crippen LogP contribution in [0.5, 0.6) is 11.5 Å². The van der Waals surface area contributed by atoms with E-state index in [9.17, 15) is 4.39 Å². The van der Waals surface area contributed by atoms with Gasteiger partial charge < -0.3 is 9.47 Å². The zero-order valence-corrected chi connectivity index (χ0v) is 13.0. The molecule has 0 aliphatic carbocycles. The Balaban J connectivity index is 2.15. The SMILES string of the molecule is CCOc1cc(CCl)ccc1OCc1ccc(F)cc1Cl. The molecule has 112 valence electrons. The fourth-order valence-corrected chi connectivity index (χ4v) is 2.21. The third kappa shape index (κ3) is 4.26. The predicted octanol–water partition coefficient (Wildman–Crippen LogP) is 5.20. The van der Waals surface area contributed by atoms with E-state index >= 15 is 0 Å². The lowest BCUT2D eigenvalue weighted by molar-refractivity contribution is 0.269. The highest BCUT2D eigenvalue weighted by molar-refractivity contribution is 6.31. The third-order valence-electron chi connectivity index (χ3n) is 2.86. The van der Waals surface area contributed by atoms with E-state index in [1.54, 1.807) is 12.1 Å². The van der Waals surface area contributed by atoms with E-state index in [1.165, 1.54) is 12.1 Å². The van der Waals surface area contributed by atoms with E-state index in [0.29, 0.717) is 34.6 Å². The van der Waals surface area contributed by atoms with E-state index < -0.39 is 0 Å². The first-order valence-corrected chi connectivity index (χ1v) is 7.43. The fourth-order valence-electron chi connectivity index (χ4n) is 1.82. The summed E-state index contributed by atoms with van der Waals surface area (Å²) in [6, 6.07) is 9.74. The van der Waals surface area contributed by atoms with E-state index in [2.05, 4.69) is 0 Å². The van der Waals surface area contributed by atoms with Crippen molar-refractivity contribution in [1.29, 1.82) is 0 Å². The molecule has 0 atom stereocenters. The largest absolute Gasteiger partial charge is 0.490 e. The number of halogens is 3. The van der Waals surface area contributed by atoms with Crippen LogP contribution in [0.3, 0.4) is 0 Å². The van der Waals surface area contributed by atoms with Gasteiger partial charge >= 0.3 is 0 Å². The lowest BCUT2D eigenvalue weighted by atomic mass is 10.2. The van der Waals surface area contributed by atoms with Gasteiger partial charge in [0.2, 0.25) is 0 Å². The summed E-state index contributed by atoms with van der Waals surface area (Å²) in [7, 11) is 0. The van der Waals surface area contributed by atoms with Crippen LogP contribution in [0.25, 0.3) is 0 Å². The fraction of sp³-hybridized carbons (Fsp3) is 0.250. The van der Waals surface area contributed by atoms with Crippen molar-refractivity contribution in [2.45, 2.75) is 19.4 Å². The normalized spacial score (nSPS) is 10.5. The second-order valence-electron chi connectivity index (χ2n) is 4.37. The molecule has 0 saturated heterocycles. The zero-order valence-electron chi connectivity index (χ0n) is 11.5. The summed E-state index contributed by atoms with van der Waals surface area (Å²) in [6.07, 6.45) is 0. The Morgan fingerprint density at radius 2 is 1.86 bits per heavy atom. The molecule has 0 aliphatic rings. The summed E-state index contributed by atoms with van der Waals surface area (Å²) in [4.78, 5) is 0. The van der Waals surface area contributed by atoms with E-state index in [0.717, 1.165) is 5.56 Å². The van der Waals surface area contributed by atoms with Gasteiger partial charge in [-0.25, -0.2) is 4.39 Å². The van der Waals surface area contributed by atoms with Gasteiger partial charge in [0.15, 0.2) is 11.5 Å². The average Bonchev–Trinajstić information content (AvgIpc) is 2.47. The Kier molecular flexibility index (Phi) is 5.71. The topological polar surface area (TPSA) is 18.5 Å². The minimum Gasteiger partial charge on any atom is -0.490 e. The van der Waals surface area contributed by atoms with Gasteiger partial charge in [-0.3, -0.25) is 0 Å². The molecular weight excluding hydrogens is 314 g/mol. The van der Waals surface area contributed by atoms with Gasteiger partial charge in [0.05, 0.1) is 11.6 Å². The van der Waals surface area contributed by atoms with Gasteiger partial charge in [-0.05, 0) is 36.8 Å². The molecular formula is C16H15Cl2FO2. The first-order valence-electron chi connectivity index (χ1n) is 6.52. The number of hydrogen-bond donors (Lipinski definition) is 0. The molecule has 5 heteroatoms.